The van der Waals surface area contributed by atoms with E-state index in [1.54, 1.807) is 0 Å². The van der Waals surface area contributed by atoms with Crippen molar-refractivity contribution in [2.45, 2.75) is 70.6 Å². The second-order valence-electron chi connectivity index (χ2n) is 11.4. The van der Waals surface area contributed by atoms with Crippen molar-refractivity contribution < 1.29 is 22.7 Å². The van der Waals surface area contributed by atoms with Gasteiger partial charge in [-0.2, -0.15) is 13.2 Å². The molecule has 6 rings (SSSR count). The van der Waals surface area contributed by atoms with Crippen LogP contribution in [-0.2, 0) is 17.5 Å². The Labute approximate surface area is 248 Å². The molecule has 2 aliphatic carbocycles. The molecule has 0 bridgehead atoms. The molecule has 0 spiro atoms. The van der Waals surface area contributed by atoms with E-state index in [0.717, 1.165) is 61.8 Å². The van der Waals surface area contributed by atoms with Gasteiger partial charge in [-0.1, -0.05) is 48.9 Å². The quantitative estimate of drug-likeness (QED) is 0.212. The van der Waals surface area contributed by atoms with E-state index >= 15 is 0 Å². The van der Waals surface area contributed by atoms with Crippen molar-refractivity contribution in [2.75, 3.05) is 12.4 Å². The molecule has 4 aromatic rings. The number of carbonyl (C=O) groups is 1. The van der Waals surface area contributed by atoms with Gasteiger partial charge in [0.15, 0.2) is 11.5 Å². The van der Waals surface area contributed by atoms with Crippen LogP contribution in [0.2, 0.25) is 0 Å². The van der Waals surface area contributed by atoms with Crippen molar-refractivity contribution >= 4 is 34.1 Å². The zero-order valence-corrected chi connectivity index (χ0v) is 24.2. The Morgan fingerprint density at radius 3 is 2.30 bits per heavy atom. The minimum Gasteiger partial charge on any atom is -0.463 e. The zero-order chi connectivity index (χ0) is 30.1. The number of rotatable bonds is 8. The Hall–Kier alpha value is -4.21. The molecule has 1 N–H and O–H groups in total. The molecule has 2 aliphatic rings. The SMILES string of the molecule is COC(=O)c1nc(NC(C)C2CCC2)c2c(n1)nc(C1=C(c3ccccc3)CCCC1)n2Cc1ccc(C(F)(F)F)cc1. The highest BCUT2D eigenvalue weighted by atomic mass is 19.4. The van der Waals surface area contributed by atoms with E-state index in [9.17, 15) is 18.0 Å². The summed E-state index contributed by atoms with van der Waals surface area (Å²) in [5.74, 6) is 0.868. The van der Waals surface area contributed by atoms with E-state index in [2.05, 4.69) is 34.3 Å². The molecule has 2 heterocycles. The van der Waals surface area contributed by atoms with Crippen molar-refractivity contribution in [3.8, 4) is 0 Å². The van der Waals surface area contributed by atoms with Gasteiger partial charge in [0, 0.05) is 12.6 Å². The highest BCUT2D eigenvalue weighted by Crippen LogP contribution is 2.40. The fraction of sp³-hybridized carbons (Fsp3) is 0.394. The number of esters is 1. The molecule has 2 aromatic heterocycles. The minimum atomic E-state index is -4.42. The molecular formula is C33H34F3N5O2. The molecule has 224 valence electrons. The number of carbonyl (C=O) groups excluding carboxylic acids is 1. The number of aromatic nitrogens is 4. The third-order valence-corrected chi connectivity index (χ3v) is 8.67. The monoisotopic (exact) mass is 589 g/mol. The molecular weight excluding hydrogens is 555 g/mol. The standard InChI is InChI=1S/C33H34F3N5O2/c1-20(22-11-8-12-22)37-28-27-29(39-30(38-28)32(42)43-2)40-31(26-14-7-6-13-25(26)23-9-4-3-5-10-23)41(27)19-21-15-17-24(18-16-21)33(34,35)36/h3-5,9-10,15-18,20,22H,6-8,11-14,19H2,1-2H3,(H,37,38,39). The number of ether oxygens (including phenoxy) is 1. The van der Waals surface area contributed by atoms with Gasteiger partial charge < -0.3 is 14.6 Å². The summed E-state index contributed by atoms with van der Waals surface area (Å²) in [6.07, 6.45) is 2.67. The van der Waals surface area contributed by atoms with Gasteiger partial charge in [0.25, 0.3) is 0 Å². The number of nitrogens with zero attached hydrogens (tertiary/aromatic N) is 4. The van der Waals surface area contributed by atoms with Gasteiger partial charge in [0.05, 0.1) is 12.7 Å². The number of alkyl halides is 3. The van der Waals surface area contributed by atoms with E-state index in [-0.39, 0.29) is 18.4 Å². The Balaban J connectivity index is 1.56. The summed E-state index contributed by atoms with van der Waals surface area (Å²) >= 11 is 0. The summed E-state index contributed by atoms with van der Waals surface area (Å²) in [6, 6.07) is 15.5. The molecule has 0 aliphatic heterocycles. The second-order valence-corrected chi connectivity index (χ2v) is 11.4. The molecule has 1 saturated carbocycles. The fourth-order valence-corrected chi connectivity index (χ4v) is 6.07. The van der Waals surface area contributed by atoms with Crippen LogP contribution in [0.15, 0.2) is 54.6 Å². The first-order chi connectivity index (χ1) is 20.7. The summed E-state index contributed by atoms with van der Waals surface area (Å²) in [6.45, 7) is 2.35. The number of halogens is 3. The van der Waals surface area contributed by atoms with Crippen LogP contribution in [0.4, 0.5) is 19.0 Å². The summed E-state index contributed by atoms with van der Waals surface area (Å²) in [5, 5.41) is 3.54. The van der Waals surface area contributed by atoms with Gasteiger partial charge >= 0.3 is 12.1 Å². The lowest BCUT2D eigenvalue weighted by Gasteiger charge is -2.32. The van der Waals surface area contributed by atoms with Crippen LogP contribution in [0.1, 0.15) is 85.0 Å². The topological polar surface area (TPSA) is 81.9 Å². The average Bonchev–Trinajstić information content (AvgIpc) is 3.34. The van der Waals surface area contributed by atoms with Crippen molar-refractivity contribution in [3.63, 3.8) is 0 Å². The molecule has 43 heavy (non-hydrogen) atoms. The molecule has 2 aromatic carbocycles. The van der Waals surface area contributed by atoms with Gasteiger partial charge in [0.2, 0.25) is 5.82 Å². The number of nitrogens with one attached hydrogen (secondary N) is 1. The van der Waals surface area contributed by atoms with Gasteiger partial charge in [-0.05, 0) is 85.8 Å². The van der Waals surface area contributed by atoms with Crippen LogP contribution in [0, 0.1) is 5.92 Å². The number of hydrogen-bond donors (Lipinski definition) is 1. The van der Waals surface area contributed by atoms with Crippen LogP contribution in [0.25, 0.3) is 22.3 Å². The number of methoxy groups -OCH3 is 1. The largest absolute Gasteiger partial charge is 0.463 e. The first-order valence-electron chi connectivity index (χ1n) is 14.8. The molecule has 1 fully saturated rings. The molecule has 10 heteroatoms. The van der Waals surface area contributed by atoms with E-state index in [1.807, 2.05) is 22.8 Å². The number of imidazole rings is 1. The first kappa shape index (κ1) is 28.9. The summed E-state index contributed by atoms with van der Waals surface area (Å²) in [5.41, 5.74) is 4.31. The normalized spacial score (nSPS) is 16.7. The molecule has 1 atom stereocenters. The van der Waals surface area contributed by atoms with Gasteiger partial charge in [0.1, 0.15) is 11.3 Å². The van der Waals surface area contributed by atoms with Crippen molar-refractivity contribution in [3.05, 3.63) is 82.9 Å². The van der Waals surface area contributed by atoms with Gasteiger partial charge in [-0.15, -0.1) is 0 Å². The van der Waals surface area contributed by atoms with Crippen LogP contribution in [-0.4, -0.2) is 38.6 Å². The van der Waals surface area contributed by atoms with E-state index in [4.69, 9.17) is 9.72 Å². The molecule has 1 unspecified atom stereocenters. The maximum Gasteiger partial charge on any atom is 0.416 e. The van der Waals surface area contributed by atoms with Crippen molar-refractivity contribution in [2.24, 2.45) is 5.92 Å². The number of hydrogen-bond acceptors (Lipinski definition) is 6. The number of fused-ring (bicyclic) bond motifs is 1. The van der Waals surface area contributed by atoms with E-state index in [0.29, 0.717) is 34.3 Å². The average molecular weight is 590 g/mol. The summed E-state index contributed by atoms with van der Waals surface area (Å²) in [4.78, 5) is 26.8. The Bertz CT molecular complexity index is 1660. The lowest BCUT2D eigenvalue weighted by Crippen LogP contribution is -2.31. The first-order valence-corrected chi connectivity index (χ1v) is 14.8. The lowest BCUT2D eigenvalue weighted by atomic mass is 9.80. The zero-order valence-electron chi connectivity index (χ0n) is 24.2. The van der Waals surface area contributed by atoms with Gasteiger partial charge in [-0.3, -0.25) is 0 Å². The van der Waals surface area contributed by atoms with Crippen LogP contribution in [0.3, 0.4) is 0 Å². The maximum atomic E-state index is 13.3. The number of allylic oxidation sites excluding steroid dienone is 2. The Morgan fingerprint density at radius 2 is 1.67 bits per heavy atom. The van der Waals surface area contributed by atoms with Crippen LogP contribution >= 0.6 is 0 Å². The highest BCUT2D eigenvalue weighted by molar-refractivity contribution is 5.95. The molecule has 7 nitrogen and oxygen atoms in total. The molecule has 0 saturated heterocycles. The minimum absolute atomic E-state index is 0.0870. The summed E-state index contributed by atoms with van der Waals surface area (Å²) in [7, 11) is 1.29. The molecule has 0 radical (unpaired) electrons. The maximum absolute atomic E-state index is 13.3. The van der Waals surface area contributed by atoms with Crippen molar-refractivity contribution in [1.82, 2.24) is 19.5 Å². The Morgan fingerprint density at radius 1 is 0.977 bits per heavy atom. The van der Waals surface area contributed by atoms with Crippen LogP contribution < -0.4 is 5.32 Å². The van der Waals surface area contributed by atoms with Gasteiger partial charge in [-0.25, -0.2) is 19.7 Å². The van der Waals surface area contributed by atoms with E-state index < -0.39 is 17.7 Å². The molecule has 0 amide bonds. The fourth-order valence-electron chi connectivity index (χ4n) is 6.07. The second kappa shape index (κ2) is 11.8. The van der Waals surface area contributed by atoms with E-state index in [1.165, 1.54) is 31.2 Å². The Kier molecular flexibility index (Phi) is 7.94. The third kappa shape index (κ3) is 5.87. The predicted molar refractivity (Wildman–Crippen MR) is 159 cm³/mol. The number of benzene rings is 2. The van der Waals surface area contributed by atoms with Crippen molar-refractivity contribution in [1.29, 1.82) is 0 Å². The third-order valence-electron chi connectivity index (χ3n) is 8.67. The predicted octanol–water partition coefficient (Wildman–Crippen LogP) is 7.77. The smallest absolute Gasteiger partial charge is 0.416 e. The summed E-state index contributed by atoms with van der Waals surface area (Å²) < 4.78 is 47.0. The highest BCUT2D eigenvalue weighted by Gasteiger charge is 2.31. The lowest BCUT2D eigenvalue weighted by molar-refractivity contribution is -0.137. The number of anilines is 1. The van der Waals surface area contributed by atoms with Crippen LogP contribution in [0.5, 0.6) is 0 Å².